The van der Waals surface area contributed by atoms with Gasteiger partial charge in [0.25, 0.3) is 5.78 Å². The molecule has 4 aromatic rings. The average molecular weight is 566 g/mol. The second kappa shape index (κ2) is 8.39. The summed E-state index contributed by atoms with van der Waals surface area (Å²) in [5.74, 6) is -1.59. The first-order chi connectivity index (χ1) is 15.8. The van der Waals surface area contributed by atoms with Gasteiger partial charge >= 0.3 is 5.91 Å². The van der Waals surface area contributed by atoms with Crippen molar-refractivity contribution < 1.29 is 14.7 Å². The molecular weight excluding hydrogens is 547 g/mol. The minimum absolute atomic E-state index is 0.0699. The SMILES string of the molecule is Cc1ccc(/C(O)=C2\C(=O)C(=O)N(c3nc4ccc(C)cc4s3)C2c2ccc(I)cc2)cc1. The summed E-state index contributed by atoms with van der Waals surface area (Å²) >= 11 is 3.57. The molecule has 1 aliphatic rings. The van der Waals surface area contributed by atoms with Crippen LogP contribution in [0.3, 0.4) is 0 Å². The summed E-state index contributed by atoms with van der Waals surface area (Å²) < 4.78 is 1.97. The van der Waals surface area contributed by atoms with Crippen molar-refractivity contribution in [1.29, 1.82) is 0 Å². The Morgan fingerprint density at radius 2 is 1.64 bits per heavy atom. The maximum Gasteiger partial charge on any atom is 0.301 e. The lowest BCUT2D eigenvalue weighted by Crippen LogP contribution is -2.29. The number of nitrogens with zero attached hydrogens (tertiary/aromatic N) is 2. The van der Waals surface area contributed by atoms with Gasteiger partial charge in [-0.1, -0.05) is 59.4 Å². The minimum atomic E-state index is -0.773. The van der Waals surface area contributed by atoms with Crippen LogP contribution < -0.4 is 4.90 Å². The highest BCUT2D eigenvalue weighted by Crippen LogP contribution is 2.44. The monoisotopic (exact) mass is 566 g/mol. The third kappa shape index (κ3) is 3.85. The van der Waals surface area contributed by atoms with E-state index in [9.17, 15) is 14.7 Å². The Morgan fingerprint density at radius 3 is 2.33 bits per heavy atom. The molecule has 5 rings (SSSR count). The number of fused-ring (bicyclic) bond motifs is 1. The number of rotatable bonds is 3. The van der Waals surface area contributed by atoms with Crippen molar-refractivity contribution in [3.8, 4) is 0 Å². The number of halogens is 1. The molecule has 7 heteroatoms. The molecule has 1 amide bonds. The van der Waals surface area contributed by atoms with Crippen LogP contribution in [0.5, 0.6) is 0 Å². The highest BCUT2D eigenvalue weighted by Gasteiger charge is 2.48. The Balaban J connectivity index is 1.73. The van der Waals surface area contributed by atoms with E-state index in [4.69, 9.17) is 0 Å². The van der Waals surface area contributed by atoms with Crippen molar-refractivity contribution in [3.63, 3.8) is 0 Å². The Hall–Kier alpha value is -3.04. The lowest BCUT2D eigenvalue weighted by Gasteiger charge is -2.23. The third-order valence-corrected chi connectivity index (χ3v) is 7.43. The largest absolute Gasteiger partial charge is 0.507 e. The van der Waals surface area contributed by atoms with Crippen LogP contribution in [0.4, 0.5) is 5.13 Å². The summed E-state index contributed by atoms with van der Waals surface area (Å²) in [4.78, 5) is 32.6. The van der Waals surface area contributed by atoms with Crippen LogP contribution >= 0.6 is 33.9 Å². The molecular formula is C26H19IN2O3S. The fraction of sp³-hybridized carbons (Fsp3) is 0.115. The summed E-state index contributed by atoms with van der Waals surface area (Å²) in [5, 5.41) is 11.6. The fourth-order valence-electron chi connectivity index (χ4n) is 3.98. The van der Waals surface area contributed by atoms with Crippen LogP contribution in [0.15, 0.2) is 72.3 Å². The van der Waals surface area contributed by atoms with Gasteiger partial charge in [-0.05, 0) is 71.8 Å². The van der Waals surface area contributed by atoms with E-state index in [0.717, 1.165) is 30.5 Å². The minimum Gasteiger partial charge on any atom is -0.507 e. The van der Waals surface area contributed by atoms with E-state index in [1.54, 1.807) is 12.1 Å². The second-order valence-corrected chi connectivity index (χ2v) is 10.3. The van der Waals surface area contributed by atoms with Crippen LogP contribution in [-0.2, 0) is 9.59 Å². The zero-order chi connectivity index (χ0) is 23.3. The number of hydrogen-bond donors (Lipinski definition) is 1. The molecule has 0 radical (unpaired) electrons. The fourth-order valence-corrected chi connectivity index (χ4v) is 5.43. The maximum absolute atomic E-state index is 13.3. The van der Waals surface area contributed by atoms with Gasteiger partial charge in [0.2, 0.25) is 0 Å². The number of carbonyl (C=O) groups excluding carboxylic acids is 2. The number of thiazole rings is 1. The van der Waals surface area contributed by atoms with Gasteiger partial charge in [-0.2, -0.15) is 0 Å². The molecule has 1 unspecified atom stereocenters. The van der Waals surface area contributed by atoms with Crippen molar-refractivity contribution in [3.05, 3.63) is 98.1 Å². The molecule has 0 spiro atoms. The Bertz CT molecular complexity index is 1440. The predicted octanol–water partition coefficient (Wildman–Crippen LogP) is 6.14. The number of ketones is 1. The Kier molecular flexibility index (Phi) is 5.54. The second-order valence-electron chi connectivity index (χ2n) is 8.05. The molecule has 5 nitrogen and oxygen atoms in total. The van der Waals surface area contributed by atoms with Crippen LogP contribution in [0.25, 0.3) is 16.0 Å². The number of carbonyl (C=O) groups is 2. The lowest BCUT2D eigenvalue weighted by molar-refractivity contribution is -0.132. The molecule has 0 bridgehead atoms. The summed E-state index contributed by atoms with van der Waals surface area (Å²) in [6.07, 6.45) is 0. The van der Waals surface area contributed by atoms with Crippen molar-refractivity contribution in [2.24, 2.45) is 0 Å². The van der Waals surface area contributed by atoms with E-state index in [0.29, 0.717) is 10.7 Å². The van der Waals surface area contributed by atoms with Gasteiger partial charge in [0.05, 0.1) is 21.8 Å². The van der Waals surface area contributed by atoms with Gasteiger partial charge in [-0.3, -0.25) is 14.5 Å². The molecule has 3 aromatic carbocycles. The topological polar surface area (TPSA) is 70.5 Å². The van der Waals surface area contributed by atoms with E-state index in [1.165, 1.54) is 16.2 Å². The molecule has 1 atom stereocenters. The third-order valence-electron chi connectivity index (χ3n) is 5.69. The molecule has 0 saturated carbocycles. The van der Waals surface area contributed by atoms with E-state index in [2.05, 4.69) is 27.6 Å². The van der Waals surface area contributed by atoms with Crippen LogP contribution in [0, 0.1) is 17.4 Å². The average Bonchev–Trinajstić information content (AvgIpc) is 3.32. The number of aliphatic hydroxyl groups is 1. The van der Waals surface area contributed by atoms with Crippen molar-refractivity contribution >= 4 is 66.7 Å². The first-order valence-corrected chi connectivity index (χ1v) is 12.2. The molecule has 1 aromatic heterocycles. The van der Waals surface area contributed by atoms with E-state index >= 15 is 0 Å². The number of amides is 1. The molecule has 2 heterocycles. The van der Waals surface area contributed by atoms with Crippen molar-refractivity contribution in [1.82, 2.24) is 4.98 Å². The molecule has 0 aliphatic carbocycles. The summed E-state index contributed by atoms with van der Waals surface area (Å²) in [7, 11) is 0. The number of aliphatic hydroxyl groups excluding tert-OH is 1. The van der Waals surface area contributed by atoms with Gasteiger partial charge in [0.1, 0.15) is 5.76 Å². The van der Waals surface area contributed by atoms with Gasteiger partial charge in [-0.15, -0.1) is 0 Å². The predicted molar refractivity (Wildman–Crippen MR) is 139 cm³/mol. The highest BCUT2D eigenvalue weighted by molar-refractivity contribution is 14.1. The molecule has 1 fully saturated rings. The smallest absolute Gasteiger partial charge is 0.301 e. The van der Waals surface area contributed by atoms with Gasteiger partial charge < -0.3 is 5.11 Å². The zero-order valence-corrected chi connectivity index (χ0v) is 20.8. The molecule has 1 saturated heterocycles. The van der Waals surface area contributed by atoms with E-state index < -0.39 is 17.7 Å². The first-order valence-electron chi connectivity index (χ1n) is 10.3. The first kappa shape index (κ1) is 21.8. The number of aryl methyl sites for hydroxylation is 2. The van der Waals surface area contributed by atoms with Crippen molar-refractivity contribution in [2.45, 2.75) is 19.9 Å². The van der Waals surface area contributed by atoms with Gasteiger partial charge in [0.15, 0.2) is 5.13 Å². The van der Waals surface area contributed by atoms with Crippen LogP contribution in [-0.4, -0.2) is 21.8 Å². The van der Waals surface area contributed by atoms with Gasteiger partial charge in [0, 0.05) is 9.13 Å². The number of anilines is 1. The van der Waals surface area contributed by atoms with E-state index in [-0.39, 0.29) is 11.3 Å². The molecule has 1 N–H and O–H groups in total. The van der Waals surface area contributed by atoms with Gasteiger partial charge in [-0.25, -0.2) is 4.98 Å². The number of hydrogen-bond acceptors (Lipinski definition) is 5. The summed E-state index contributed by atoms with van der Waals surface area (Å²) in [6, 6.07) is 19.9. The quantitative estimate of drug-likeness (QED) is 0.140. The molecule has 33 heavy (non-hydrogen) atoms. The van der Waals surface area contributed by atoms with Crippen molar-refractivity contribution in [2.75, 3.05) is 4.90 Å². The van der Waals surface area contributed by atoms with Crippen LogP contribution in [0.1, 0.15) is 28.3 Å². The Morgan fingerprint density at radius 1 is 0.970 bits per heavy atom. The molecule has 1 aliphatic heterocycles. The van der Waals surface area contributed by atoms with Crippen LogP contribution in [0.2, 0.25) is 0 Å². The number of benzene rings is 3. The maximum atomic E-state index is 13.3. The molecule has 164 valence electrons. The summed E-state index contributed by atoms with van der Waals surface area (Å²) in [5.41, 5.74) is 4.19. The zero-order valence-electron chi connectivity index (χ0n) is 17.9. The summed E-state index contributed by atoms with van der Waals surface area (Å²) in [6.45, 7) is 3.95. The standard InChI is InChI=1S/C26H19IN2O3S/c1-14-3-6-17(7-4-14)23(30)21-22(16-8-10-18(27)11-9-16)29(25(32)24(21)31)26-28-19-12-5-15(2)13-20(19)33-26/h3-13,22,30H,1-2H3/b23-21+. The number of Topliss-reactive ketones (excluding diaryl/α,β-unsaturated/α-hetero) is 1. The Labute approximate surface area is 208 Å². The normalized spacial score (nSPS) is 17.8. The lowest BCUT2D eigenvalue weighted by atomic mass is 9.95. The number of aromatic nitrogens is 1. The highest BCUT2D eigenvalue weighted by atomic mass is 127. The van der Waals surface area contributed by atoms with E-state index in [1.807, 2.05) is 68.4 Å².